The van der Waals surface area contributed by atoms with E-state index in [9.17, 15) is 0 Å². The van der Waals surface area contributed by atoms with Crippen LogP contribution < -0.4 is 0 Å². The van der Waals surface area contributed by atoms with Crippen LogP contribution in [-0.4, -0.2) is 48.6 Å². The van der Waals surface area contributed by atoms with Crippen LogP contribution in [0.15, 0.2) is 33.5 Å². The van der Waals surface area contributed by atoms with Crippen LogP contribution in [0, 0.1) is 11.8 Å². The summed E-state index contributed by atoms with van der Waals surface area (Å²) in [6.45, 7) is 27.5. The first-order chi connectivity index (χ1) is 18.6. The van der Waals surface area contributed by atoms with E-state index in [0.717, 1.165) is 32.4 Å². The topological polar surface area (TPSA) is 31.2 Å². The SMILES string of the molecule is C.C.C.C.C.C.C.C.C.CC.CC#CCCC.CC1=CC=C(C)CC1.CC1=NN(C)CC1.CC1=NN(C)CC1.CCCC.CCCCC. The van der Waals surface area contributed by atoms with Crippen LogP contribution in [0.25, 0.3) is 0 Å². The fraction of sp³-hybridized carbons (Fsp3) is 0.818. The van der Waals surface area contributed by atoms with Crippen LogP contribution in [-0.2, 0) is 0 Å². The molecular formula is C44H106N4. The lowest BCUT2D eigenvalue weighted by Crippen LogP contribution is -2.04. The van der Waals surface area contributed by atoms with Crippen molar-refractivity contribution in [3.63, 3.8) is 0 Å². The van der Waals surface area contributed by atoms with Crippen molar-refractivity contribution in [2.24, 2.45) is 10.2 Å². The van der Waals surface area contributed by atoms with Crippen molar-refractivity contribution in [3.05, 3.63) is 23.3 Å². The molecule has 0 spiro atoms. The number of allylic oxidation sites excluding steroid dienone is 4. The van der Waals surface area contributed by atoms with Crippen LogP contribution in [0.2, 0.25) is 0 Å². The van der Waals surface area contributed by atoms with Gasteiger partial charge in [0, 0.05) is 57.9 Å². The second kappa shape index (κ2) is 71.1. The number of unbranched alkanes of at least 4 members (excludes halogenated alkanes) is 4. The van der Waals surface area contributed by atoms with Gasteiger partial charge in [-0.1, -0.05) is 171 Å². The van der Waals surface area contributed by atoms with Gasteiger partial charge in [-0.25, -0.2) is 0 Å². The summed E-state index contributed by atoms with van der Waals surface area (Å²) < 4.78 is 0. The molecule has 4 heteroatoms. The maximum Gasteiger partial charge on any atom is 0.0409 e. The van der Waals surface area contributed by atoms with E-state index in [0.29, 0.717) is 0 Å². The Hall–Kier alpha value is -2.02. The molecule has 302 valence electrons. The molecule has 0 fully saturated rings. The summed E-state index contributed by atoms with van der Waals surface area (Å²) in [6, 6.07) is 0. The molecule has 3 aliphatic rings. The maximum atomic E-state index is 4.14. The molecule has 0 radical (unpaired) electrons. The summed E-state index contributed by atoms with van der Waals surface area (Å²) in [7, 11) is 3.99. The molecule has 0 aromatic carbocycles. The Morgan fingerprint density at radius 1 is 0.542 bits per heavy atom. The predicted octanol–water partition coefficient (Wildman–Crippen LogP) is 16.6. The number of hydrogen-bond donors (Lipinski definition) is 0. The van der Waals surface area contributed by atoms with Crippen LogP contribution in [0.4, 0.5) is 0 Å². The highest BCUT2D eigenvalue weighted by atomic mass is 15.5. The van der Waals surface area contributed by atoms with E-state index in [4.69, 9.17) is 0 Å². The largest absolute Gasteiger partial charge is 0.300 e. The van der Waals surface area contributed by atoms with Crippen LogP contribution >= 0.6 is 0 Å². The Labute approximate surface area is 313 Å². The molecule has 1 aliphatic carbocycles. The van der Waals surface area contributed by atoms with Gasteiger partial charge in [0.05, 0.1) is 0 Å². The van der Waals surface area contributed by atoms with Gasteiger partial charge in [-0.2, -0.15) is 10.2 Å². The molecule has 4 nitrogen and oxygen atoms in total. The number of rotatable bonds is 4. The lowest BCUT2D eigenvalue weighted by molar-refractivity contribution is 0.393. The fourth-order valence-electron chi connectivity index (χ4n) is 2.88. The first kappa shape index (κ1) is 85.5. The Kier molecular flexibility index (Phi) is 127. The Morgan fingerprint density at radius 3 is 0.938 bits per heavy atom. The third kappa shape index (κ3) is 79.4. The van der Waals surface area contributed by atoms with Gasteiger partial charge in [-0.15, -0.1) is 11.8 Å². The summed E-state index contributed by atoms with van der Waals surface area (Å²) in [4.78, 5) is 0. The van der Waals surface area contributed by atoms with E-state index >= 15 is 0 Å². The Balaban J connectivity index is -0.0000000268. The van der Waals surface area contributed by atoms with Crippen LogP contribution in [0.1, 0.15) is 221 Å². The van der Waals surface area contributed by atoms with Crippen molar-refractivity contribution in [2.75, 3.05) is 27.2 Å². The lowest BCUT2D eigenvalue weighted by Gasteiger charge is -2.05. The minimum absolute atomic E-state index is 0. The molecule has 3 rings (SSSR count). The highest BCUT2D eigenvalue weighted by molar-refractivity contribution is 5.83. The van der Waals surface area contributed by atoms with Crippen molar-refractivity contribution in [1.29, 1.82) is 0 Å². The fourth-order valence-corrected chi connectivity index (χ4v) is 2.88. The molecule has 0 atom stereocenters. The molecular weight excluding hydrogens is 585 g/mol. The third-order valence-electron chi connectivity index (χ3n) is 5.60. The average Bonchev–Trinajstić information content (AvgIpc) is 3.52. The van der Waals surface area contributed by atoms with E-state index < -0.39 is 0 Å². The third-order valence-corrected chi connectivity index (χ3v) is 5.60. The number of hydrazone groups is 2. The zero-order chi connectivity index (χ0) is 30.9. The first-order valence-electron chi connectivity index (χ1n) is 15.8. The molecule has 2 heterocycles. The highest BCUT2D eigenvalue weighted by Gasteiger charge is 2.04. The molecule has 2 aliphatic heterocycles. The maximum absolute atomic E-state index is 4.14. The van der Waals surface area contributed by atoms with Crippen LogP contribution in [0.5, 0.6) is 0 Å². The summed E-state index contributed by atoms with van der Waals surface area (Å²) >= 11 is 0. The Morgan fingerprint density at radius 2 is 0.854 bits per heavy atom. The van der Waals surface area contributed by atoms with Gasteiger partial charge in [-0.05, 0) is 53.9 Å². The minimum Gasteiger partial charge on any atom is -0.300 e. The van der Waals surface area contributed by atoms with Gasteiger partial charge in [0.1, 0.15) is 0 Å². The molecule has 0 saturated heterocycles. The monoisotopic (exact) mass is 691 g/mol. The first-order valence-corrected chi connectivity index (χ1v) is 15.8. The molecule has 0 saturated carbocycles. The highest BCUT2D eigenvalue weighted by Crippen LogP contribution is 2.16. The van der Waals surface area contributed by atoms with Gasteiger partial charge in [0.25, 0.3) is 0 Å². The normalized spacial score (nSPS) is 11.6. The van der Waals surface area contributed by atoms with E-state index in [2.05, 4.69) is 96.5 Å². The van der Waals surface area contributed by atoms with Crippen molar-refractivity contribution in [2.45, 2.75) is 221 Å². The van der Waals surface area contributed by atoms with Gasteiger partial charge in [0.15, 0.2) is 0 Å². The second-order valence-electron chi connectivity index (χ2n) is 9.99. The summed E-state index contributed by atoms with van der Waals surface area (Å²) in [6.07, 6.45) is 18.2. The Bertz CT molecular complexity index is 642. The molecule has 48 heavy (non-hydrogen) atoms. The molecule has 0 N–H and O–H groups in total. The van der Waals surface area contributed by atoms with E-state index in [1.54, 1.807) is 0 Å². The van der Waals surface area contributed by atoms with Crippen molar-refractivity contribution in [3.8, 4) is 11.8 Å². The molecule has 0 aromatic heterocycles. The standard InChI is InChI=1S/C8H12.C6H10.2C5H10N2.C5H12.C4H10.C2H6.9CH4/c1-7-3-5-8(2)6-4-7;1-3-5-6-4-2;2*1-5-3-4-7(2)6-5;1-3-5-4-2;1-3-4-2;1-2;;;;;;;;;/h3,5H,4,6H2,1-2H3;3,5H2,1-2H3;2*3-4H2,1-2H3;3-5H2,1-2H3;3-4H2,1-2H3;1-2H3;9*1H4. The second-order valence-corrected chi connectivity index (χ2v) is 9.99. The molecule has 0 amide bonds. The van der Waals surface area contributed by atoms with Crippen LogP contribution in [0.3, 0.4) is 0 Å². The molecule has 0 bridgehead atoms. The smallest absolute Gasteiger partial charge is 0.0409 e. The van der Waals surface area contributed by atoms with Crippen molar-refractivity contribution >= 4 is 11.4 Å². The minimum atomic E-state index is 0. The quantitative estimate of drug-likeness (QED) is 0.275. The predicted molar refractivity (Wildman–Crippen MR) is 244 cm³/mol. The molecule has 0 aromatic rings. The van der Waals surface area contributed by atoms with Gasteiger partial charge < -0.3 is 0 Å². The van der Waals surface area contributed by atoms with Gasteiger partial charge >= 0.3 is 0 Å². The molecule has 0 unspecified atom stereocenters. The summed E-state index contributed by atoms with van der Waals surface area (Å²) in [5.41, 5.74) is 5.52. The summed E-state index contributed by atoms with van der Waals surface area (Å²) in [5.74, 6) is 5.77. The van der Waals surface area contributed by atoms with E-state index in [1.807, 2.05) is 44.9 Å². The zero-order valence-electron chi connectivity index (χ0n) is 29.1. The number of hydrogen-bond acceptors (Lipinski definition) is 4. The van der Waals surface area contributed by atoms with E-state index in [-0.39, 0.29) is 66.8 Å². The average molecular weight is 691 g/mol. The lowest BCUT2D eigenvalue weighted by atomic mass is 10.0. The summed E-state index contributed by atoms with van der Waals surface area (Å²) in [5, 5.41) is 12.2. The van der Waals surface area contributed by atoms with Crippen molar-refractivity contribution < 1.29 is 0 Å². The zero-order valence-corrected chi connectivity index (χ0v) is 29.1. The van der Waals surface area contributed by atoms with Gasteiger partial charge in [0.2, 0.25) is 0 Å². The number of nitrogens with zero attached hydrogens (tertiary/aromatic N) is 4. The van der Waals surface area contributed by atoms with E-state index in [1.165, 1.54) is 73.9 Å². The van der Waals surface area contributed by atoms with Gasteiger partial charge in [-0.3, -0.25) is 10.0 Å². The van der Waals surface area contributed by atoms with Crippen molar-refractivity contribution in [1.82, 2.24) is 10.0 Å².